The van der Waals surface area contributed by atoms with Crippen molar-refractivity contribution in [1.82, 2.24) is 0 Å². The fraction of sp³-hybridized carbons (Fsp3) is 0.286. The standard InChI is InChI=1S/C42H46O8/c1-5-47-39(41(43)44)27-31-7-19-37(20-8-31)49-25-23-29(3)33-11-15-35(16-12-33)36-17-13-34(14-18-36)30(4)24-26-50-38-21-9-32(10-22-38)28-40(42(45)46)48-6-2/h7-24,39-40H,5-6,25-28H2,1-4H3,(H,43,44)(H,45,46)/b29-23+,30-24+/t39-,40-/m1/s1. The lowest BCUT2D eigenvalue weighted by molar-refractivity contribution is -0.150. The molecule has 0 radical (unpaired) electrons. The summed E-state index contributed by atoms with van der Waals surface area (Å²) in [7, 11) is 0. The molecule has 0 saturated carbocycles. The predicted molar refractivity (Wildman–Crippen MR) is 197 cm³/mol. The molecule has 0 aliphatic heterocycles. The zero-order valence-electron chi connectivity index (χ0n) is 29.1. The van der Waals surface area contributed by atoms with E-state index in [1.807, 2.05) is 60.7 Å². The molecule has 4 aromatic rings. The molecule has 0 bridgehead atoms. The monoisotopic (exact) mass is 678 g/mol. The van der Waals surface area contributed by atoms with Gasteiger partial charge in [-0.05, 0) is 109 Å². The molecule has 0 aliphatic rings. The quantitative estimate of drug-likeness (QED) is 0.102. The number of carboxylic acid groups (broad SMARTS) is 2. The maximum Gasteiger partial charge on any atom is 0.333 e. The van der Waals surface area contributed by atoms with E-state index in [1.165, 1.54) is 0 Å². The largest absolute Gasteiger partial charge is 0.490 e. The average molecular weight is 679 g/mol. The van der Waals surface area contributed by atoms with Crippen LogP contribution in [-0.2, 0) is 31.9 Å². The lowest BCUT2D eigenvalue weighted by Crippen LogP contribution is -2.26. The van der Waals surface area contributed by atoms with E-state index in [1.54, 1.807) is 13.8 Å². The van der Waals surface area contributed by atoms with Crippen molar-refractivity contribution in [3.63, 3.8) is 0 Å². The minimum absolute atomic E-state index is 0.309. The Labute approximate surface area is 294 Å². The van der Waals surface area contributed by atoms with E-state index in [0.29, 0.717) is 39.3 Å². The third-order valence-corrected chi connectivity index (χ3v) is 8.27. The molecule has 0 heterocycles. The van der Waals surface area contributed by atoms with Gasteiger partial charge in [-0.15, -0.1) is 0 Å². The molecule has 8 heteroatoms. The number of carboxylic acids is 2. The highest BCUT2D eigenvalue weighted by atomic mass is 16.5. The molecule has 4 rings (SSSR count). The number of aliphatic carboxylic acids is 2. The lowest BCUT2D eigenvalue weighted by atomic mass is 9.98. The summed E-state index contributed by atoms with van der Waals surface area (Å²) >= 11 is 0. The summed E-state index contributed by atoms with van der Waals surface area (Å²) in [6.07, 6.45) is 3.00. The van der Waals surface area contributed by atoms with Gasteiger partial charge in [0.2, 0.25) is 0 Å². The fourth-order valence-corrected chi connectivity index (χ4v) is 5.32. The molecular weight excluding hydrogens is 632 g/mol. The minimum atomic E-state index is -0.962. The van der Waals surface area contributed by atoms with Crippen LogP contribution in [0.25, 0.3) is 22.3 Å². The van der Waals surface area contributed by atoms with Gasteiger partial charge in [-0.1, -0.05) is 72.8 Å². The summed E-state index contributed by atoms with van der Waals surface area (Å²) in [6.45, 7) is 9.23. The first-order chi connectivity index (χ1) is 24.2. The van der Waals surface area contributed by atoms with Gasteiger partial charge in [0.05, 0.1) is 0 Å². The van der Waals surface area contributed by atoms with E-state index in [4.69, 9.17) is 18.9 Å². The van der Waals surface area contributed by atoms with Crippen molar-refractivity contribution < 1.29 is 38.7 Å². The first-order valence-electron chi connectivity index (χ1n) is 16.8. The molecule has 0 fully saturated rings. The Morgan fingerprint density at radius 1 is 0.560 bits per heavy atom. The molecule has 2 atom stereocenters. The van der Waals surface area contributed by atoms with Crippen LogP contribution >= 0.6 is 0 Å². The average Bonchev–Trinajstić information content (AvgIpc) is 3.12. The third-order valence-electron chi connectivity index (χ3n) is 8.27. The number of benzene rings is 4. The number of hydrogen-bond acceptors (Lipinski definition) is 6. The molecule has 2 N–H and O–H groups in total. The molecule has 0 unspecified atom stereocenters. The second-order valence-electron chi connectivity index (χ2n) is 11.8. The molecule has 8 nitrogen and oxygen atoms in total. The van der Waals surface area contributed by atoms with Crippen LogP contribution in [0.3, 0.4) is 0 Å². The summed E-state index contributed by atoms with van der Waals surface area (Å²) in [6, 6.07) is 31.8. The van der Waals surface area contributed by atoms with E-state index in [2.05, 4.69) is 62.4 Å². The Morgan fingerprint density at radius 2 is 0.900 bits per heavy atom. The van der Waals surface area contributed by atoms with Crippen LogP contribution in [0.1, 0.15) is 49.9 Å². The van der Waals surface area contributed by atoms with Crippen molar-refractivity contribution in [1.29, 1.82) is 0 Å². The molecular formula is C42H46O8. The molecule has 4 aromatic carbocycles. The summed E-state index contributed by atoms with van der Waals surface area (Å²) < 4.78 is 22.4. The lowest BCUT2D eigenvalue weighted by Gasteiger charge is -2.12. The van der Waals surface area contributed by atoms with Gasteiger partial charge in [0.1, 0.15) is 24.7 Å². The van der Waals surface area contributed by atoms with Crippen LogP contribution in [0, 0.1) is 0 Å². The van der Waals surface area contributed by atoms with Gasteiger partial charge in [0.25, 0.3) is 0 Å². The Balaban J connectivity index is 1.25. The van der Waals surface area contributed by atoms with E-state index in [0.717, 1.165) is 56.0 Å². The van der Waals surface area contributed by atoms with Gasteiger partial charge in [-0.3, -0.25) is 0 Å². The number of allylic oxidation sites excluding steroid dienone is 2. The summed E-state index contributed by atoms with van der Waals surface area (Å²) in [5.74, 6) is -0.489. The van der Waals surface area contributed by atoms with Crippen molar-refractivity contribution in [3.8, 4) is 22.6 Å². The first-order valence-corrected chi connectivity index (χ1v) is 16.8. The summed E-state index contributed by atoms with van der Waals surface area (Å²) in [4.78, 5) is 22.7. The van der Waals surface area contributed by atoms with Crippen LogP contribution in [0.5, 0.6) is 11.5 Å². The Morgan fingerprint density at radius 3 is 1.20 bits per heavy atom. The fourth-order valence-electron chi connectivity index (χ4n) is 5.32. The van der Waals surface area contributed by atoms with Crippen molar-refractivity contribution >= 4 is 23.1 Å². The highest BCUT2D eigenvalue weighted by molar-refractivity contribution is 5.74. The Kier molecular flexibility index (Phi) is 14.4. The maximum absolute atomic E-state index is 11.3. The van der Waals surface area contributed by atoms with E-state index < -0.39 is 24.1 Å². The highest BCUT2D eigenvalue weighted by Gasteiger charge is 2.18. The minimum Gasteiger partial charge on any atom is -0.490 e. The highest BCUT2D eigenvalue weighted by Crippen LogP contribution is 2.25. The van der Waals surface area contributed by atoms with Crippen molar-refractivity contribution in [3.05, 3.63) is 131 Å². The van der Waals surface area contributed by atoms with Gasteiger partial charge < -0.3 is 29.2 Å². The van der Waals surface area contributed by atoms with Crippen LogP contribution in [0.4, 0.5) is 0 Å². The molecule has 0 aliphatic carbocycles. The van der Waals surface area contributed by atoms with Crippen LogP contribution in [-0.4, -0.2) is 60.8 Å². The summed E-state index contributed by atoms with van der Waals surface area (Å²) in [5, 5.41) is 18.6. The molecule has 0 amide bonds. The second kappa shape index (κ2) is 19.1. The third kappa shape index (κ3) is 11.5. The van der Waals surface area contributed by atoms with Gasteiger partial charge in [-0.25, -0.2) is 9.59 Å². The zero-order chi connectivity index (χ0) is 35.9. The van der Waals surface area contributed by atoms with E-state index >= 15 is 0 Å². The molecule has 0 saturated heterocycles. The van der Waals surface area contributed by atoms with Crippen LogP contribution < -0.4 is 9.47 Å². The summed E-state index contributed by atoms with van der Waals surface area (Å²) in [5.41, 5.74) is 8.46. The normalized spacial score (nSPS) is 13.0. The Bertz CT molecular complexity index is 1590. The maximum atomic E-state index is 11.3. The Hall–Kier alpha value is -5.18. The number of rotatable bonds is 19. The molecule has 50 heavy (non-hydrogen) atoms. The van der Waals surface area contributed by atoms with Gasteiger partial charge in [-0.2, -0.15) is 0 Å². The SMILES string of the molecule is CCO[C@H](Cc1ccc(OC/C=C(\C)c2ccc(-c3ccc(/C(C)=C/COc4ccc(C[C@@H](OCC)C(=O)O)cc4)cc3)cc2)cc1)C(=O)O. The number of hydrogen-bond donors (Lipinski definition) is 2. The van der Waals surface area contributed by atoms with E-state index in [9.17, 15) is 19.8 Å². The van der Waals surface area contributed by atoms with Crippen molar-refractivity contribution in [2.24, 2.45) is 0 Å². The van der Waals surface area contributed by atoms with Crippen molar-refractivity contribution in [2.45, 2.75) is 52.7 Å². The van der Waals surface area contributed by atoms with Gasteiger partial charge in [0, 0.05) is 26.1 Å². The number of ether oxygens (including phenoxy) is 4. The van der Waals surface area contributed by atoms with Gasteiger partial charge >= 0.3 is 11.9 Å². The topological polar surface area (TPSA) is 112 Å². The second-order valence-corrected chi connectivity index (χ2v) is 11.8. The molecule has 0 aromatic heterocycles. The number of carbonyl (C=O) groups is 2. The van der Waals surface area contributed by atoms with Crippen molar-refractivity contribution in [2.75, 3.05) is 26.4 Å². The first kappa shape index (κ1) is 37.6. The van der Waals surface area contributed by atoms with Crippen LogP contribution in [0.15, 0.2) is 109 Å². The van der Waals surface area contributed by atoms with Crippen LogP contribution in [0.2, 0.25) is 0 Å². The molecule has 0 spiro atoms. The van der Waals surface area contributed by atoms with E-state index in [-0.39, 0.29) is 0 Å². The molecule has 262 valence electrons. The predicted octanol–water partition coefficient (Wildman–Crippen LogP) is 8.38. The zero-order valence-corrected chi connectivity index (χ0v) is 29.1. The smallest absolute Gasteiger partial charge is 0.333 e. The van der Waals surface area contributed by atoms with Gasteiger partial charge in [0.15, 0.2) is 12.2 Å².